The summed E-state index contributed by atoms with van der Waals surface area (Å²) in [5.41, 5.74) is 0. The van der Waals surface area contributed by atoms with Crippen LogP contribution in [-0.2, 0) is 14.3 Å². The second-order valence-electron chi connectivity index (χ2n) is 22.5. The van der Waals surface area contributed by atoms with Gasteiger partial charge in [-0.05, 0) is 32.1 Å². The van der Waals surface area contributed by atoms with Crippen molar-refractivity contribution in [2.45, 2.75) is 379 Å². The molecule has 0 spiro atoms. The summed E-state index contributed by atoms with van der Waals surface area (Å²) in [6, 6.07) is -0.629. The highest BCUT2D eigenvalue weighted by molar-refractivity contribution is 5.76. The maximum Gasteiger partial charge on any atom is 0.305 e. The average Bonchev–Trinajstić information content (AvgIpc) is 3.37. The molecule has 0 bridgehead atoms. The van der Waals surface area contributed by atoms with Crippen LogP contribution in [0.4, 0.5) is 0 Å². The fourth-order valence-electron chi connectivity index (χ4n) is 10.3. The molecule has 0 saturated heterocycles. The molecule has 0 aliphatic carbocycles. The lowest BCUT2D eigenvalue weighted by molar-refractivity contribution is -0.143. The molecule has 0 heterocycles. The van der Waals surface area contributed by atoms with Gasteiger partial charge in [0, 0.05) is 12.8 Å². The average molecular weight is 1000 g/mol. The summed E-state index contributed by atoms with van der Waals surface area (Å²) in [6.07, 6.45) is 74.0. The minimum Gasteiger partial charge on any atom is -0.466 e. The Bertz CT molecular complexity index is 1060. The molecule has 422 valence electrons. The van der Waals surface area contributed by atoms with Crippen LogP contribution >= 0.6 is 0 Å². The molecule has 0 aromatic carbocycles. The lowest BCUT2D eigenvalue weighted by atomic mass is 10.0. The van der Waals surface area contributed by atoms with Gasteiger partial charge in [-0.2, -0.15) is 0 Å². The van der Waals surface area contributed by atoms with E-state index in [1.165, 1.54) is 302 Å². The summed E-state index contributed by atoms with van der Waals surface area (Å²) in [4.78, 5) is 24.6. The molecule has 0 rings (SSSR count). The third-order valence-corrected chi connectivity index (χ3v) is 15.3. The quantitative estimate of drug-likeness (QED) is 0.0320. The van der Waals surface area contributed by atoms with Gasteiger partial charge in [-0.3, -0.25) is 9.59 Å². The summed E-state index contributed by atoms with van der Waals surface area (Å²) >= 11 is 0. The van der Waals surface area contributed by atoms with E-state index in [1.54, 1.807) is 6.08 Å². The summed E-state index contributed by atoms with van der Waals surface area (Å²) in [5, 5.41) is 23.2. The van der Waals surface area contributed by atoms with E-state index in [0.29, 0.717) is 19.4 Å². The number of amides is 1. The fraction of sp³-hybridized carbons (Fsp3) is 0.938. The summed E-state index contributed by atoms with van der Waals surface area (Å²) in [7, 11) is 0. The molecule has 0 aliphatic heterocycles. The zero-order chi connectivity index (χ0) is 51.4. The summed E-state index contributed by atoms with van der Waals surface area (Å²) in [6.45, 7) is 4.93. The molecule has 2 unspecified atom stereocenters. The number of aliphatic hydroxyl groups excluding tert-OH is 2. The van der Waals surface area contributed by atoms with Crippen molar-refractivity contribution in [2.24, 2.45) is 0 Å². The maximum atomic E-state index is 12.5. The molecular formula is C65H127NO5. The first-order chi connectivity index (χ1) is 35.0. The minimum atomic E-state index is -0.846. The molecular weight excluding hydrogens is 875 g/mol. The third-order valence-electron chi connectivity index (χ3n) is 15.3. The van der Waals surface area contributed by atoms with E-state index in [0.717, 1.165) is 38.5 Å². The highest BCUT2D eigenvalue weighted by Crippen LogP contribution is 2.18. The van der Waals surface area contributed by atoms with E-state index < -0.39 is 12.1 Å². The molecule has 1 amide bonds. The van der Waals surface area contributed by atoms with E-state index >= 15 is 0 Å². The first-order valence-electron chi connectivity index (χ1n) is 32.5. The maximum absolute atomic E-state index is 12.5. The number of aliphatic hydroxyl groups is 2. The van der Waals surface area contributed by atoms with E-state index in [9.17, 15) is 19.8 Å². The number of nitrogens with one attached hydrogen (secondary N) is 1. The largest absolute Gasteiger partial charge is 0.466 e. The van der Waals surface area contributed by atoms with Gasteiger partial charge in [0.2, 0.25) is 5.91 Å². The molecule has 0 saturated carbocycles. The first kappa shape index (κ1) is 69.6. The third kappa shape index (κ3) is 57.7. The van der Waals surface area contributed by atoms with E-state index in [2.05, 4.69) is 19.2 Å². The molecule has 2 atom stereocenters. The Morgan fingerprint density at radius 1 is 0.380 bits per heavy atom. The molecule has 6 heteroatoms. The SMILES string of the molecule is CCCCCCCCCCCCCCCC/C=C/C(O)C(CO)NC(=O)CCCCCCCCCCCCCCCCCCCCCOC(=O)CCCCCCCCCCCCCCCCCCCCC. The van der Waals surface area contributed by atoms with Crippen LogP contribution in [0.5, 0.6) is 0 Å². The zero-order valence-corrected chi connectivity index (χ0v) is 48.2. The van der Waals surface area contributed by atoms with Crippen molar-refractivity contribution in [1.82, 2.24) is 5.32 Å². The Morgan fingerprint density at radius 3 is 0.958 bits per heavy atom. The Labute approximate surface area is 444 Å². The monoisotopic (exact) mass is 1000 g/mol. The van der Waals surface area contributed by atoms with Gasteiger partial charge < -0.3 is 20.3 Å². The van der Waals surface area contributed by atoms with Crippen LogP contribution in [-0.4, -0.2) is 47.4 Å². The van der Waals surface area contributed by atoms with Gasteiger partial charge in [0.25, 0.3) is 0 Å². The topological polar surface area (TPSA) is 95.9 Å². The number of hydrogen-bond acceptors (Lipinski definition) is 5. The molecule has 0 aromatic rings. The lowest BCUT2D eigenvalue weighted by Gasteiger charge is -2.20. The fourth-order valence-corrected chi connectivity index (χ4v) is 10.3. The van der Waals surface area contributed by atoms with Crippen molar-refractivity contribution >= 4 is 11.9 Å². The molecule has 71 heavy (non-hydrogen) atoms. The van der Waals surface area contributed by atoms with Crippen LogP contribution in [0.1, 0.15) is 367 Å². The van der Waals surface area contributed by atoms with Gasteiger partial charge in [0.05, 0.1) is 25.4 Å². The van der Waals surface area contributed by atoms with E-state index in [-0.39, 0.29) is 18.5 Å². The number of allylic oxidation sites excluding steroid dienone is 1. The van der Waals surface area contributed by atoms with Crippen LogP contribution in [0.3, 0.4) is 0 Å². The first-order valence-corrected chi connectivity index (χ1v) is 32.5. The molecule has 0 radical (unpaired) electrons. The number of ether oxygens (including phenoxy) is 1. The van der Waals surface area contributed by atoms with Crippen LogP contribution in [0, 0.1) is 0 Å². The molecule has 6 nitrogen and oxygen atoms in total. The highest BCUT2D eigenvalue weighted by Gasteiger charge is 2.18. The van der Waals surface area contributed by atoms with Gasteiger partial charge in [0.1, 0.15) is 0 Å². The van der Waals surface area contributed by atoms with Crippen molar-refractivity contribution in [3.63, 3.8) is 0 Å². The smallest absolute Gasteiger partial charge is 0.305 e. The highest BCUT2D eigenvalue weighted by atomic mass is 16.5. The van der Waals surface area contributed by atoms with Crippen molar-refractivity contribution in [1.29, 1.82) is 0 Å². The normalized spacial score (nSPS) is 12.6. The Kier molecular flexibility index (Phi) is 59.9. The van der Waals surface area contributed by atoms with Crippen molar-refractivity contribution in [3.8, 4) is 0 Å². The van der Waals surface area contributed by atoms with E-state index in [4.69, 9.17) is 4.74 Å². The van der Waals surface area contributed by atoms with Crippen molar-refractivity contribution in [2.75, 3.05) is 13.2 Å². The second kappa shape index (κ2) is 61.1. The number of carbonyl (C=O) groups excluding carboxylic acids is 2. The number of esters is 1. The summed E-state index contributed by atoms with van der Waals surface area (Å²) in [5.74, 6) is -0.0539. The zero-order valence-electron chi connectivity index (χ0n) is 48.2. The molecule has 0 aromatic heterocycles. The van der Waals surface area contributed by atoms with Gasteiger partial charge in [-0.1, -0.05) is 334 Å². The predicted molar refractivity (Wildman–Crippen MR) is 310 cm³/mol. The Balaban J connectivity index is 3.39. The van der Waals surface area contributed by atoms with Gasteiger partial charge in [0.15, 0.2) is 0 Å². The number of rotatable bonds is 61. The Hall–Kier alpha value is -1.40. The lowest BCUT2D eigenvalue weighted by Crippen LogP contribution is -2.45. The molecule has 0 aliphatic rings. The van der Waals surface area contributed by atoms with Gasteiger partial charge >= 0.3 is 5.97 Å². The summed E-state index contributed by atoms with van der Waals surface area (Å²) < 4.78 is 5.51. The molecule has 3 N–H and O–H groups in total. The van der Waals surface area contributed by atoms with Crippen LogP contribution < -0.4 is 5.32 Å². The standard InChI is InChI=1S/C65H127NO5/c1-3-5-7-9-11-13-15-17-19-21-23-27-31-35-39-43-47-51-55-59-65(70)71-60-56-52-48-44-40-36-32-28-25-22-24-26-30-34-38-42-46-50-54-58-64(69)66-62(61-67)63(68)57-53-49-45-41-37-33-29-20-18-16-14-12-10-8-6-4-2/h53,57,62-63,67-68H,3-52,54-56,58-61H2,1-2H3,(H,66,69)/b57-53+. The second-order valence-corrected chi connectivity index (χ2v) is 22.5. The van der Waals surface area contributed by atoms with E-state index in [1.807, 2.05) is 6.08 Å². The van der Waals surface area contributed by atoms with Gasteiger partial charge in [-0.25, -0.2) is 0 Å². The Morgan fingerprint density at radius 2 is 0.648 bits per heavy atom. The van der Waals surface area contributed by atoms with Crippen LogP contribution in [0.15, 0.2) is 12.2 Å². The predicted octanol–water partition coefficient (Wildman–Crippen LogP) is 20.4. The number of unbranched alkanes of at least 4 members (excludes halogenated alkanes) is 50. The number of hydrogen-bond donors (Lipinski definition) is 3. The van der Waals surface area contributed by atoms with Crippen molar-refractivity contribution < 1.29 is 24.5 Å². The van der Waals surface area contributed by atoms with Gasteiger partial charge in [-0.15, -0.1) is 0 Å². The van der Waals surface area contributed by atoms with Crippen LogP contribution in [0.25, 0.3) is 0 Å². The van der Waals surface area contributed by atoms with Crippen LogP contribution in [0.2, 0.25) is 0 Å². The van der Waals surface area contributed by atoms with Crippen molar-refractivity contribution in [3.05, 3.63) is 12.2 Å². The molecule has 0 fully saturated rings. The minimum absolute atomic E-state index is 0.0140. The number of carbonyl (C=O) groups is 2.